The summed E-state index contributed by atoms with van der Waals surface area (Å²) in [5.41, 5.74) is 0.910. The number of hydrogen-bond acceptors (Lipinski definition) is 6. The number of fused-ring (bicyclic) bond motifs is 1. The molecule has 29 heavy (non-hydrogen) atoms. The Morgan fingerprint density at radius 1 is 1.38 bits per heavy atom. The third-order valence-electron chi connectivity index (χ3n) is 5.44. The number of halogens is 1. The first-order valence-electron chi connectivity index (χ1n) is 9.72. The van der Waals surface area contributed by atoms with Gasteiger partial charge in [0.25, 0.3) is 0 Å². The van der Waals surface area contributed by atoms with Crippen molar-refractivity contribution in [1.29, 1.82) is 0 Å². The molecule has 3 aromatic rings. The average Bonchev–Trinajstić information content (AvgIpc) is 3.14. The molecule has 0 atom stereocenters. The fourth-order valence-electron chi connectivity index (χ4n) is 3.73. The van der Waals surface area contributed by atoms with Gasteiger partial charge in [-0.25, -0.2) is 14.8 Å². The fourth-order valence-corrected chi connectivity index (χ4v) is 5.07. The van der Waals surface area contributed by atoms with Gasteiger partial charge in [-0.3, -0.25) is 0 Å². The van der Waals surface area contributed by atoms with Gasteiger partial charge in [0.15, 0.2) is 0 Å². The highest BCUT2D eigenvalue weighted by atomic mass is 35.5. The number of thiophene rings is 1. The minimum absolute atomic E-state index is 0.284. The summed E-state index contributed by atoms with van der Waals surface area (Å²) in [7, 11) is 2.17. The summed E-state index contributed by atoms with van der Waals surface area (Å²) in [5, 5.41) is 13.9. The molecule has 1 aliphatic rings. The van der Waals surface area contributed by atoms with Crippen LogP contribution in [-0.4, -0.2) is 52.6 Å². The van der Waals surface area contributed by atoms with E-state index in [4.69, 9.17) is 11.6 Å². The van der Waals surface area contributed by atoms with E-state index in [1.165, 1.54) is 24.2 Å². The number of likely N-dealkylation sites (tertiary alicyclic amines) is 1. The van der Waals surface area contributed by atoms with Gasteiger partial charge in [0.05, 0.1) is 21.7 Å². The van der Waals surface area contributed by atoms with Crippen LogP contribution in [0.3, 0.4) is 0 Å². The van der Waals surface area contributed by atoms with E-state index < -0.39 is 5.97 Å². The lowest BCUT2D eigenvalue weighted by Gasteiger charge is -2.28. The van der Waals surface area contributed by atoms with E-state index in [1.807, 2.05) is 12.1 Å². The molecule has 1 aliphatic heterocycles. The van der Waals surface area contributed by atoms with Crippen molar-refractivity contribution in [2.45, 2.75) is 19.3 Å². The Balaban J connectivity index is 1.50. The highest BCUT2D eigenvalue weighted by Gasteiger charge is 2.17. The fraction of sp³-hybridized carbons (Fsp3) is 0.381. The van der Waals surface area contributed by atoms with Crippen LogP contribution in [0.4, 0.5) is 5.95 Å². The monoisotopic (exact) mass is 430 g/mol. The number of piperidine rings is 1. The van der Waals surface area contributed by atoms with Crippen LogP contribution in [0.25, 0.3) is 20.7 Å². The predicted octanol–water partition coefficient (Wildman–Crippen LogP) is 4.85. The first-order chi connectivity index (χ1) is 14.0. The van der Waals surface area contributed by atoms with Gasteiger partial charge >= 0.3 is 5.97 Å². The van der Waals surface area contributed by atoms with Crippen LogP contribution in [-0.2, 0) is 0 Å². The third-order valence-corrected chi connectivity index (χ3v) is 6.83. The van der Waals surface area contributed by atoms with E-state index >= 15 is 0 Å². The normalized spacial score (nSPS) is 15.7. The number of rotatable bonds is 6. The maximum Gasteiger partial charge on any atom is 0.336 e. The quantitative estimate of drug-likeness (QED) is 0.581. The maximum atomic E-state index is 11.5. The van der Waals surface area contributed by atoms with Crippen LogP contribution in [0.2, 0.25) is 5.02 Å². The summed E-state index contributed by atoms with van der Waals surface area (Å²) in [6.45, 7) is 3.15. The molecule has 0 amide bonds. The lowest BCUT2D eigenvalue weighted by atomic mass is 9.94. The van der Waals surface area contributed by atoms with Gasteiger partial charge in [-0.15, -0.1) is 11.3 Å². The van der Waals surface area contributed by atoms with Gasteiger partial charge in [-0.1, -0.05) is 17.7 Å². The zero-order valence-corrected chi connectivity index (χ0v) is 17.8. The second-order valence-electron chi connectivity index (χ2n) is 7.49. The third kappa shape index (κ3) is 4.52. The molecule has 4 rings (SSSR count). The van der Waals surface area contributed by atoms with Gasteiger partial charge < -0.3 is 15.3 Å². The minimum Gasteiger partial charge on any atom is -0.478 e. The Morgan fingerprint density at radius 3 is 2.93 bits per heavy atom. The molecule has 0 radical (unpaired) electrons. The summed E-state index contributed by atoms with van der Waals surface area (Å²) in [4.78, 5) is 23.6. The number of aromatic carboxylic acids is 1. The average molecular weight is 431 g/mol. The zero-order chi connectivity index (χ0) is 20.4. The highest BCUT2D eigenvalue weighted by molar-refractivity contribution is 7.22. The van der Waals surface area contributed by atoms with Gasteiger partial charge in [0.2, 0.25) is 5.95 Å². The van der Waals surface area contributed by atoms with Crippen molar-refractivity contribution >= 4 is 44.9 Å². The second-order valence-corrected chi connectivity index (χ2v) is 8.98. The molecule has 152 valence electrons. The van der Waals surface area contributed by atoms with Crippen molar-refractivity contribution in [3.8, 4) is 10.6 Å². The van der Waals surface area contributed by atoms with Crippen LogP contribution in [0, 0.1) is 5.92 Å². The van der Waals surface area contributed by atoms with E-state index in [2.05, 4.69) is 27.2 Å². The van der Waals surface area contributed by atoms with E-state index in [-0.39, 0.29) is 5.56 Å². The van der Waals surface area contributed by atoms with Crippen molar-refractivity contribution in [3.63, 3.8) is 0 Å². The number of carboxylic acid groups (broad SMARTS) is 1. The topological polar surface area (TPSA) is 78.4 Å². The molecule has 1 saturated heterocycles. The highest BCUT2D eigenvalue weighted by Crippen LogP contribution is 2.37. The van der Waals surface area contributed by atoms with Crippen molar-refractivity contribution < 1.29 is 9.90 Å². The number of nitrogens with zero attached hydrogens (tertiary/aromatic N) is 3. The van der Waals surface area contributed by atoms with Crippen molar-refractivity contribution in [2.24, 2.45) is 5.92 Å². The Bertz CT molecular complexity index is 1030. The van der Waals surface area contributed by atoms with Gasteiger partial charge in [-0.2, -0.15) is 0 Å². The molecule has 1 aromatic carbocycles. The lowest BCUT2D eigenvalue weighted by molar-refractivity contribution is 0.0699. The van der Waals surface area contributed by atoms with Crippen molar-refractivity contribution in [1.82, 2.24) is 14.9 Å². The SMILES string of the molecule is CN1CCC(CCNc2ncc(Cl)c(-c3cc4c(C(=O)O)cccc4s3)n2)CC1. The number of nitrogens with one attached hydrogen (secondary N) is 1. The Kier molecular flexibility index (Phi) is 5.99. The Labute approximate surface area is 178 Å². The Morgan fingerprint density at radius 2 is 2.17 bits per heavy atom. The molecule has 8 heteroatoms. The van der Waals surface area contributed by atoms with Crippen molar-refractivity contribution in [3.05, 3.63) is 41.0 Å². The van der Waals surface area contributed by atoms with Crippen LogP contribution in [0.15, 0.2) is 30.5 Å². The summed E-state index contributed by atoms with van der Waals surface area (Å²) >= 11 is 7.84. The van der Waals surface area contributed by atoms with E-state index in [9.17, 15) is 9.90 Å². The van der Waals surface area contributed by atoms with Crippen LogP contribution >= 0.6 is 22.9 Å². The number of carboxylic acids is 1. The number of carbonyl (C=O) groups is 1. The first kappa shape index (κ1) is 20.1. The smallest absolute Gasteiger partial charge is 0.336 e. The number of anilines is 1. The van der Waals surface area contributed by atoms with Crippen LogP contribution in [0.1, 0.15) is 29.6 Å². The summed E-state index contributed by atoms with van der Waals surface area (Å²) in [6.07, 6.45) is 5.17. The van der Waals surface area contributed by atoms with Gasteiger partial charge in [-0.05, 0) is 63.5 Å². The van der Waals surface area contributed by atoms with E-state index in [0.717, 1.165) is 41.6 Å². The minimum atomic E-state index is -0.940. The molecular weight excluding hydrogens is 408 g/mol. The molecule has 0 unspecified atom stereocenters. The molecule has 2 aromatic heterocycles. The second kappa shape index (κ2) is 8.65. The molecule has 0 spiro atoms. The number of aromatic nitrogens is 2. The molecule has 0 bridgehead atoms. The number of hydrogen-bond donors (Lipinski definition) is 2. The predicted molar refractivity (Wildman–Crippen MR) is 118 cm³/mol. The standard InChI is InChI=1S/C21H23ClN4O2S/c1-26-9-6-13(7-10-26)5-8-23-21-24-12-16(22)19(25-21)18-11-15-14(20(27)28)3-2-4-17(15)29-18/h2-4,11-13H,5-10H2,1H3,(H,27,28)(H,23,24,25). The van der Waals surface area contributed by atoms with Gasteiger partial charge in [0, 0.05) is 16.6 Å². The van der Waals surface area contributed by atoms with Crippen LogP contribution in [0.5, 0.6) is 0 Å². The van der Waals surface area contributed by atoms with Crippen molar-refractivity contribution in [2.75, 3.05) is 32.0 Å². The lowest BCUT2D eigenvalue weighted by Crippen LogP contribution is -2.30. The first-order valence-corrected chi connectivity index (χ1v) is 10.9. The molecule has 1 fully saturated rings. The largest absolute Gasteiger partial charge is 0.478 e. The van der Waals surface area contributed by atoms with Gasteiger partial charge in [0.1, 0.15) is 5.69 Å². The molecule has 6 nitrogen and oxygen atoms in total. The number of benzene rings is 1. The summed E-state index contributed by atoms with van der Waals surface area (Å²) in [6, 6.07) is 7.12. The summed E-state index contributed by atoms with van der Waals surface area (Å²) in [5.74, 6) is 0.348. The molecule has 3 heterocycles. The zero-order valence-electron chi connectivity index (χ0n) is 16.2. The molecule has 2 N–H and O–H groups in total. The molecular formula is C21H23ClN4O2S. The molecule has 0 aliphatic carbocycles. The summed E-state index contributed by atoms with van der Waals surface area (Å²) < 4.78 is 0.895. The maximum absolute atomic E-state index is 11.5. The Hall–Kier alpha value is -2.22. The van der Waals surface area contributed by atoms with Crippen LogP contribution < -0.4 is 5.32 Å². The molecule has 0 saturated carbocycles. The van der Waals surface area contributed by atoms with E-state index in [0.29, 0.717) is 22.1 Å². The van der Waals surface area contributed by atoms with E-state index in [1.54, 1.807) is 18.3 Å².